The van der Waals surface area contributed by atoms with Crippen molar-refractivity contribution in [2.45, 2.75) is 39.2 Å². The summed E-state index contributed by atoms with van der Waals surface area (Å²) in [7, 11) is 0. The molecule has 2 unspecified atom stereocenters. The molecule has 0 aliphatic heterocycles. The molecule has 0 spiro atoms. The van der Waals surface area contributed by atoms with Gasteiger partial charge in [-0.15, -0.1) is 0 Å². The van der Waals surface area contributed by atoms with Crippen LogP contribution in [0.5, 0.6) is 0 Å². The minimum absolute atomic E-state index is 0.235. The predicted octanol–water partition coefficient (Wildman–Crippen LogP) is 3.68. The number of benzene rings is 1. The highest BCUT2D eigenvalue weighted by atomic mass is 35.5. The van der Waals surface area contributed by atoms with E-state index >= 15 is 0 Å². The van der Waals surface area contributed by atoms with Crippen LogP contribution in [0, 0.1) is 5.92 Å². The van der Waals surface area contributed by atoms with E-state index in [2.05, 4.69) is 13.8 Å². The van der Waals surface area contributed by atoms with E-state index in [1.54, 1.807) is 0 Å². The van der Waals surface area contributed by atoms with Crippen LogP contribution in [0.2, 0.25) is 5.02 Å². The van der Waals surface area contributed by atoms with Gasteiger partial charge in [-0.2, -0.15) is 0 Å². The first kappa shape index (κ1) is 12.5. The van der Waals surface area contributed by atoms with Gasteiger partial charge in [0.1, 0.15) is 0 Å². The monoisotopic (exact) mass is 226 g/mol. The topological polar surface area (TPSA) is 20.2 Å². The van der Waals surface area contributed by atoms with Crippen LogP contribution in [0.4, 0.5) is 0 Å². The van der Waals surface area contributed by atoms with Crippen LogP contribution in [0.15, 0.2) is 24.3 Å². The van der Waals surface area contributed by atoms with E-state index < -0.39 is 0 Å². The first-order valence-electron chi connectivity index (χ1n) is 5.54. The van der Waals surface area contributed by atoms with Crippen LogP contribution in [0.25, 0.3) is 0 Å². The molecule has 1 aromatic carbocycles. The second-order valence-corrected chi connectivity index (χ2v) is 4.67. The lowest BCUT2D eigenvalue weighted by molar-refractivity contribution is 0.144. The molecular weight excluding hydrogens is 208 g/mol. The molecule has 0 saturated heterocycles. The van der Waals surface area contributed by atoms with Gasteiger partial charge in [-0.05, 0) is 36.5 Å². The summed E-state index contributed by atoms with van der Waals surface area (Å²) in [6.07, 6.45) is 2.49. The van der Waals surface area contributed by atoms with Gasteiger partial charge in [0.05, 0.1) is 6.10 Å². The lowest BCUT2D eigenvalue weighted by Gasteiger charge is -2.14. The minimum atomic E-state index is -0.235. The molecule has 0 radical (unpaired) electrons. The number of rotatable bonds is 5. The van der Waals surface area contributed by atoms with E-state index in [0.717, 1.165) is 29.8 Å². The maximum atomic E-state index is 9.84. The minimum Gasteiger partial charge on any atom is -0.393 e. The summed E-state index contributed by atoms with van der Waals surface area (Å²) < 4.78 is 0. The molecule has 0 heterocycles. The Morgan fingerprint density at radius 3 is 2.40 bits per heavy atom. The van der Waals surface area contributed by atoms with Crippen molar-refractivity contribution in [3.63, 3.8) is 0 Å². The van der Waals surface area contributed by atoms with Crippen LogP contribution < -0.4 is 0 Å². The summed E-state index contributed by atoms with van der Waals surface area (Å²) in [6, 6.07) is 7.68. The molecule has 15 heavy (non-hydrogen) atoms. The Hall–Kier alpha value is -0.530. The van der Waals surface area contributed by atoms with Crippen LogP contribution in [0.3, 0.4) is 0 Å². The Balaban J connectivity index is 2.44. The summed E-state index contributed by atoms with van der Waals surface area (Å²) in [5.41, 5.74) is 1.15. The van der Waals surface area contributed by atoms with Crippen molar-refractivity contribution in [1.29, 1.82) is 0 Å². The average molecular weight is 227 g/mol. The van der Waals surface area contributed by atoms with Gasteiger partial charge in [0.15, 0.2) is 0 Å². The summed E-state index contributed by atoms with van der Waals surface area (Å²) in [4.78, 5) is 0. The number of halogens is 1. The SMILES string of the molecule is CCC(C)CC(O)Cc1ccc(Cl)cc1. The number of aliphatic hydroxyl groups excluding tert-OH is 1. The fourth-order valence-corrected chi connectivity index (χ4v) is 1.73. The van der Waals surface area contributed by atoms with E-state index in [-0.39, 0.29) is 6.10 Å². The lowest BCUT2D eigenvalue weighted by Crippen LogP contribution is -2.14. The number of aliphatic hydroxyl groups is 1. The maximum absolute atomic E-state index is 9.84. The molecular formula is C13H19ClO. The van der Waals surface area contributed by atoms with E-state index in [1.807, 2.05) is 24.3 Å². The molecule has 0 bridgehead atoms. The Morgan fingerprint density at radius 2 is 1.87 bits per heavy atom. The molecule has 1 rings (SSSR count). The number of hydrogen-bond donors (Lipinski definition) is 1. The van der Waals surface area contributed by atoms with E-state index in [9.17, 15) is 5.11 Å². The first-order valence-corrected chi connectivity index (χ1v) is 5.92. The summed E-state index contributed by atoms with van der Waals surface area (Å²) in [6.45, 7) is 4.32. The predicted molar refractivity (Wildman–Crippen MR) is 65.2 cm³/mol. The molecule has 0 saturated carbocycles. The van der Waals surface area contributed by atoms with Gasteiger partial charge in [-0.25, -0.2) is 0 Å². The Kier molecular flexibility index (Phi) is 5.13. The molecule has 1 nitrogen and oxygen atoms in total. The fourth-order valence-electron chi connectivity index (χ4n) is 1.61. The molecule has 0 fully saturated rings. The van der Waals surface area contributed by atoms with E-state index in [1.165, 1.54) is 0 Å². The Bertz CT molecular complexity index is 281. The molecule has 0 aliphatic carbocycles. The van der Waals surface area contributed by atoms with E-state index in [0.29, 0.717) is 5.92 Å². The van der Waals surface area contributed by atoms with Crippen molar-refractivity contribution in [1.82, 2.24) is 0 Å². The fraction of sp³-hybridized carbons (Fsp3) is 0.538. The van der Waals surface area contributed by atoms with Crippen molar-refractivity contribution in [2.75, 3.05) is 0 Å². The van der Waals surface area contributed by atoms with Gasteiger partial charge in [0, 0.05) is 5.02 Å². The van der Waals surface area contributed by atoms with Gasteiger partial charge in [-0.1, -0.05) is 44.0 Å². The van der Waals surface area contributed by atoms with Gasteiger partial charge < -0.3 is 5.11 Å². The van der Waals surface area contributed by atoms with Crippen molar-refractivity contribution >= 4 is 11.6 Å². The zero-order valence-electron chi connectivity index (χ0n) is 9.41. The van der Waals surface area contributed by atoms with Crippen molar-refractivity contribution in [2.24, 2.45) is 5.92 Å². The third-order valence-corrected chi connectivity index (χ3v) is 3.01. The standard InChI is InChI=1S/C13H19ClO/c1-3-10(2)8-13(15)9-11-4-6-12(14)7-5-11/h4-7,10,13,15H,3,8-9H2,1-2H3. The molecule has 2 atom stereocenters. The summed E-state index contributed by atoms with van der Waals surface area (Å²) in [5, 5.41) is 10.6. The van der Waals surface area contributed by atoms with Crippen LogP contribution in [0.1, 0.15) is 32.3 Å². The van der Waals surface area contributed by atoms with Crippen molar-refractivity contribution in [3.05, 3.63) is 34.9 Å². The Morgan fingerprint density at radius 1 is 1.27 bits per heavy atom. The third kappa shape index (κ3) is 4.67. The zero-order valence-corrected chi connectivity index (χ0v) is 10.2. The highest BCUT2D eigenvalue weighted by molar-refractivity contribution is 6.30. The lowest BCUT2D eigenvalue weighted by atomic mass is 9.97. The van der Waals surface area contributed by atoms with Crippen molar-refractivity contribution in [3.8, 4) is 0 Å². The highest BCUT2D eigenvalue weighted by Crippen LogP contribution is 2.15. The maximum Gasteiger partial charge on any atom is 0.0583 e. The van der Waals surface area contributed by atoms with Gasteiger partial charge in [-0.3, -0.25) is 0 Å². The van der Waals surface area contributed by atoms with Crippen LogP contribution >= 0.6 is 11.6 Å². The quantitative estimate of drug-likeness (QED) is 0.812. The van der Waals surface area contributed by atoms with E-state index in [4.69, 9.17) is 11.6 Å². The molecule has 2 heteroatoms. The second-order valence-electron chi connectivity index (χ2n) is 4.23. The van der Waals surface area contributed by atoms with Gasteiger partial charge in [0.2, 0.25) is 0 Å². The van der Waals surface area contributed by atoms with Gasteiger partial charge >= 0.3 is 0 Å². The molecule has 0 aliphatic rings. The molecule has 84 valence electrons. The highest BCUT2D eigenvalue weighted by Gasteiger charge is 2.09. The van der Waals surface area contributed by atoms with Crippen molar-refractivity contribution < 1.29 is 5.11 Å². The second kappa shape index (κ2) is 6.14. The average Bonchev–Trinajstić information content (AvgIpc) is 2.21. The van der Waals surface area contributed by atoms with Crippen LogP contribution in [-0.2, 0) is 6.42 Å². The number of hydrogen-bond acceptors (Lipinski definition) is 1. The molecule has 1 aromatic rings. The largest absolute Gasteiger partial charge is 0.393 e. The summed E-state index contributed by atoms with van der Waals surface area (Å²) in [5.74, 6) is 0.590. The normalized spacial score (nSPS) is 14.9. The molecule has 0 aromatic heterocycles. The summed E-state index contributed by atoms with van der Waals surface area (Å²) >= 11 is 5.79. The third-order valence-electron chi connectivity index (χ3n) is 2.76. The van der Waals surface area contributed by atoms with Crippen LogP contribution in [-0.4, -0.2) is 11.2 Å². The van der Waals surface area contributed by atoms with Gasteiger partial charge in [0.25, 0.3) is 0 Å². The first-order chi connectivity index (χ1) is 7.11. The molecule has 0 amide bonds. The smallest absolute Gasteiger partial charge is 0.0583 e. The Labute approximate surface area is 97.1 Å². The zero-order chi connectivity index (χ0) is 11.3. The molecule has 1 N–H and O–H groups in total.